The monoisotopic (exact) mass is 257 g/mol. The van der Waals surface area contributed by atoms with Crippen molar-refractivity contribution in [2.75, 3.05) is 18.0 Å². The van der Waals surface area contributed by atoms with Crippen LogP contribution in [-0.2, 0) is 0 Å². The first-order valence-corrected chi connectivity index (χ1v) is 7.01. The SMILES string of the molecule is Cc1cccc(C(C)C)c1N1CCCC(N)(C#N)C1. The van der Waals surface area contributed by atoms with Gasteiger partial charge in [-0.05, 0) is 36.8 Å². The fourth-order valence-electron chi connectivity index (χ4n) is 2.95. The van der Waals surface area contributed by atoms with Crippen molar-refractivity contribution < 1.29 is 0 Å². The van der Waals surface area contributed by atoms with Gasteiger partial charge in [0.15, 0.2) is 0 Å². The quantitative estimate of drug-likeness (QED) is 0.886. The van der Waals surface area contributed by atoms with Crippen LogP contribution in [0.15, 0.2) is 18.2 Å². The minimum Gasteiger partial charge on any atom is -0.368 e. The van der Waals surface area contributed by atoms with E-state index in [1.54, 1.807) is 0 Å². The Kier molecular flexibility index (Phi) is 3.82. The second-order valence-electron chi connectivity index (χ2n) is 5.96. The zero-order valence-corrected chi connectivity index (χ0v) is 12.1. The standard InChI is InChI=1S/C16H23N3/c1-12(2)14-7-4-6-13(3)15(14)19-9-5-8-16(18,10-17)11-19/h4,6-7,12H,5,8-9,11,18H2,1-3H3. The maximum atomic E-state index is 9.26. The van der Waals surface area contributed by atoms with E-state index in [9.17, 15) is 5.26 Å². The number of piperidine rings is 1. The lowest BCUT2D eigenvalue weighted by Crippen LogP contribution is -2.53. The average Bonchev–Trinajstić information content (AvgIpc) is 2.38. The summed E-state index contributed by atoms with van der Waals surface area (Å²) in [5.74, 6) is 0.478. The number of nitriles is 1. The van der Waals surface area contributed by atoms with Crippen molar-refractivity contribution in [1.29, 1.82) is 5.26 Å². The Morgan fingerprint density at radius 1 is 1.42 bits per heavy atom. The Bertz CT molecular complexity index is 501. The highest BCUT2D eigenvalue weighted by atomic mass is 15.2. The van der Waals surface area contributed by atoms with Crippen molar-refractivity contribution in [3.63, 3.8) is 0 Å². The first-order valence-electron chi connectivity index (χ1n) is 7.01. The van der Waals surface area contributed by atoms with Crippen LogP contribution in [0.25, 0.3) is 0 Å². The summed E-state index contributed by atoms with van der Waals surface area (Å²) in [6, 6.07) is 8.72. The lowest BCUT2D eigenvalue weighted by Gasteiger charge is -2.39. The predicted molar refractivity (Wildman–Crippen MR) is 79.2 cm³/mol. The molecule has 0 radical (unpaired) electrons. The summed E-state index contributed by atoms with van der Waals surface area (Å²) in [5, 5.41) is 9.26. The molecule has 0 bridgehead atoms. The van der Waals surface area contributed by atoms with Gasteiger partial charge in [-0.3, -0.25) is 0 Å². The summed E-state index contributed by atoms with van der Waals surface area (Å²) < 4.78 is 0. The fourth-order valence-corrected chi connectivity index (χ4v) is 2.95. The molecule has 3 heteroatoms. The van der Waals surface area contributed by atoms with Gasteiger partial charge in [-0.15, -0.1) is 0 Å². The highest BCUT2D eigenvalue weighted by Crippen LogP contribution is 2.33. The van der Waals surface area contributed by atoms with Gasteiger partial charge in [0, 0.05) is 18.8 Å². The number of anilines is 1. The van der Waals surface area contributed by atoms with E-state index in [0.717, 1.165) is 19.4 Å². The molecular weight excluding hydrogens is 234 g/mol. The van der Waals surface area contributed by atoms with Crippen LogP contribution in [0.3, 0.4) is 0 Å². The Hall–Kier alpha value is -1.53. The number of para-hydroxylation sites is 1. The Morgan fingerprint density at radius 3 is 2.79 bits per heavy atom. The third kappa shape index (κ3) is 2.74. The van der Waals surface area contributed by atoms with E-state index in [-0.39, 0.29) is 0 Å². The van der Waals surface area contributed by atoms with Crippen LogP contribution in [0.5, 0.6) is 0 Å². The molecule has 0 spiro atoms. The highest BCUT2D eigenvalue weighted by molar-refractivity contribution is 5.61. The number of aryl methyl sites for hydroxylation is 1. The maximum absolute atomic E-state index is 9.26. The average molecular weight is 257 g/mol. The molecule has 1 atom stereocenters. The number of hydrogen-bond acceptors (Lipinski definition) is 3. The lowest BCUT2D eigenvalue weighted by molar-refractivity contribution is 0.423. The van der Waals surface area contributed by atoms with E-state index in [1.165, 1.54) is 16.8 Å². The highest BCUT2D eigenvalue weighted by Gasteiger charge is 2.33. The second kappa shape index (κ2) is 5.22. The van der Waals surface area contributed by atoms with Crippen LogP contribution in [0, 0.1) is 18.3 Å². The van der Waals surface area contributed by atoms with Crippen LogP contribution in [0.1, 0.15) is 43.7 Å². The van der Waals surface area contributed by atoms with Gasteiger partial charge in [0.1, 0.15) is 5.54 Å². The zero-order chi connectivity index (χ0) is 14.0. The largest absolute Gasteiger partial charge is 0.368 e. The summed E-state index contributed by atoms with van der Waals surface area (Å²) in [4.78, 5) is 2.30. The van der Waals surface area contributed by atoms with Gasteiger partial charge in [0.2, 0.25) is 0 Å². The van der Waals surface area contributed by atoms with Gasteiger partial charge in [0.05, 0.1) is 6.07 Å². The van der Waals surface area contributed by atoms with Crippen LogP contribution in [0.2, 0.25) is 0 Å². The number of nitrogens with zero attached hydrogens (tertiary/aromatic N) is 2. The molecule has 0 aliphatic carbocycles. The van der Waals surface area contributed by atoms with Crippen molar-refractivity contribution in [2.24, 2.45) is 5.73 Å². The topological polar surface area (TPSA) is 53.0 Å². The van der Waals surface area contributed by atoms with Gasteiger partial charge in [-0.1, -0.05) is 32.0 Å². The Balaban J connectivity index is 2.39. The van der Waals surface area contributed by atoms with Crippen LogP contribution >= 0.6 is 0 Å². The number of nitrogens with two attached hydrogens (primary N) is 1. The normalized spacial score (nSPS) is 23.5. The van der Waals surface area contributed by atoms with Gasteiger partial charge in [-0.25, -0.2) is 0 Å². The summed E-state index contributed by atoms with van der Waals surface area (Å²) in [5.41, 5.74) is 9.36. The molecule has 19 heavy (non-hydrogen) atoms. The molecular formula is C16H23N3. The number of benzene rings is 1. The molecule has 102 valence electrons. The Morgan fingerprint density at radius 2 is 2.16 bits per heavy atom. The van der Waals surface area contributed by atoms with Crippen LogP contribution in [-0.4, -0.2) is 18.6 Å². The van der Waals surface area contributed by atoms with Crippen molar-refractivity contribution in [3.8, 4) is 6.07 Å². The molecule has 1 fully saturated rings. The van der Waals surface area contributed by atoms with Crippen molar-refractivity contribution in [3.05, 3.63) is 29.3 Å². The zero-order valence-electron chi connectivity index (χ0n) is 12.1. The van der Waals surface area contributed by atoms with Crippen LogP contribution in [0.4, 0.5) is 5.69 Å². The minimum atomic E-state index is -0.700. The molecule has 1 saturated heterocycles. The van der Waals surface area contributed by atoms with E-state index >= 15 is 0 Å². The predicted octanol–water partition coefficient (Wildman–Crippen LogP) is 2.94. The molecule has 1 aliphatic rings. The van der Waals surface area contributed by atoms with E-state index < -0.39 is 5.54 Å². The van der Waals surface area contributed by atoms with E-state index in [2.05, 4.69) is 49.9 Å². The van der Waals surface area contributed by atoms with Gasteiger partial charge < -0.3 is 10.6 Å². The van der Waals surface area contributed by atoms with Crippen LogP contribution < -0.4 is 10.6 Å². The van der Waals surface area contributed by atoms with Gasteiger partial charge in [-0.2, -0.15) is 5.26 Å². The van der Waals surface area contributed by atoms with E-state index in [4.69, 9.17) is 5.73 Å². The maximum Gasteiger partial charge on any atom is 0.121 e. The molecule has 1 aromatic rings. The molecule has 3 nitrogen and oxygen atoms in total. The fraction of sp³-hybridized carbons (Fsp3) is 0.562. The van der Waals surface area contributed by atoms with Crippen molar-refractivity contribution in [2.45, 2.75) is 45.1 Å². The molecule has 0 saturated carbocycles. The molecule has 0 aromatic heterocycles. The molecule has 2 N–H and O–H groups in total. The number of rotatable bonds is 2. The second-order valence-corrected chi connectivity index (χ2v) is 5.96. The van der Waals surface area contributed by atoms with E-state index in [1.807, 2.05) is 0 Å². The summed E-state index contributed by atoms with van der Waals surface area (Å²) in [6.07, 6.45) is 1.78. The molecule has 2 rings (SSSR count). The van der Waals surface area contributed by atoms with Gasteiger partial charge >= 0.3 is 0 Å². The summed E-state index contributed by atoms with van der Waals surface area (Å²) in [6.45, 7) is 8.18. The molecule has 1 aliphatic heterocycles. The van der Waals surface area contributed by atoms with Crippen molar-refractivity contribution >= 4 is 5.69 Å². The third-order valence-corrected chi connectivity index (χ3v) is 3.95. The Labute approximate surface area is 116 Å². The third-order valence-electron chi connectivity index (χ3n) is 3.95. The molecule has 0 amide bonds. The molecule has 1 unspecified atom stereocenters. The number of hydrogen-bond donors (Lipinski definition) is 1. The summed E-state index contributed by atoms with van der Waals surface area (Å²) >= 11 is 0. The summed E-state index contributed by atoms with van der Waals surface area (Å²) in [7, 11) is 0. The molecule has 1 heterocycles. The van der Waals surface area contributed by atoms with Crippen molar-refractivity contribution in [1.82, 2.24) is 0 Å². The first kappa shape index (κ1) is 13.9. The first-order chi connectivity index (χ1) is 8.97. The van der Waals surface area contributed by atoms with E-state index in [0.29, 0.717) is 12.5 Å². The molecule has 1 aromatic carbocycles. The smallest absolute Gasteiger partial charge is 0.121 e. The minimum absolute atomic E-state index is 0.478. The van der Waals surface area contributed by atoms with Gasteiger partial charge in [0.25, 0.3) is 0 Å². The lowest BCUT2D eigenvalue weighted by atomic mass is 9.89.